The van der Waals surface area contributed by atoms with Gasteiger partial charge in [0, 0.05) is 12.2 Å². The van der Waals surface area contributed by atoms with E-state index in [2.05, 4.69) is 10.6 Å². The smallest absolute Gasteiger partial charge is 0.333 e. The third kappa shape index (κ3) is 4.06. The summed E-state index contributed by atoms with van der Waals surface area (Å²) in [5.74, 6) is -0.322. The molecule has 0 radical (unpaired) electrons. The van der Waals surface area contributed by atoms with E-state index >= 15 is 0 Å². The largest absolute Gasteiger partial charge is 0.492 e. The van der Waals surface area contributed by atoms with Crippen molar-refractivity contribution in [1.82, 2.24) is 0 Å². The van der Waals surface area contributed by atoms with Crippen molar-refractivity contribution in [2.24, 2.45) is 0 Å². The molecule has 0 saturated carbocycles. The zero-order valence-corrected chi connectivity index (χ0v) is 15.2. The number of benzene rings is 2. The van der Waals surface area contributed by atoms with Gasteiger partial charge in [-0.2, -0.15) is 5.26 Å². The maximum atomic E-state index is 12.1. The fourth-order valence-corrected chi connectivity index (χ4v) is 2.62. The van der Waals surface area contributed by atoms with Gasteiger partial charge in [0.2, 0.25) is 0 Å². The van der Waals surface area contributed by atoms with E-state index in [1.165, 1.54) is 0 Å². The van der Waals surface area contributed by atoms with Crippen LogP contribution in [0.3, 0.4) is 0 Å². The monoisotopic (exact) mass is 353 g/mol. The number of hydrogen-bond donors (Lipinski definition) is 3. The Hall–Kier alpha value is -3.20. The Labute approximate surface area is 153 Å². The lowest BCUT2D eigenvalue weighted by atomic mass is 9.91. The Bertz CT molecular complexity index is 812. The van der Waals surface area contributed by atoms with E-state index in [4.69, 9.17) is 10.00 Å². The number of aliphatic carboxylic acids is 1. The van der Waals surface area contributed by atoms with Crippen LogP contribution in [0.1, 0.15) is 31.9 Å². The number of nitrogens with one attached hydrogen (secondary N) is 2. The van der Waals surface area contributed by atoms with E-state index < -0.39 is 11.5 Å². The normalized spacial score (nSPS) is 12.5. The topological polar surface area (TPSA) is 94.4 Å². The van der Waals surface area contributed by atoms with Crippen LogP contribution < -0.4 is 15.4 Å². The highest BCUT2D eigenvalue weighted by atomic mass is 16.5. The molecule has 0 aliphatic heterocycles. The van der Waals surface area contributed by atoms with Gasteiger partial charge in [-0.15, -0.1) is 0 Å². The highest BCUT2D eigenvalue weighted by Crippen LogP contribution is 2.33. The number of nitriles is 1. The second-order valence-electron chi connectivity index (χ2n) is 5.92. The molecule has 2 aromatic rings. The van der Waals surface area contributed by atoms with Crippen LogP contribution in [0.5, 0.6) is 5.75 Å². The summed E-state index contributed by atoms with van der Waals surface area (Å²) >= 11 is 0. The van der Waals surface area contributed by atoms with E-state index in [0.717, 1.165) is 5.69 Å². The zero-order chi connectivity index (χ0) is 19.2. The molecular weight excluding hydrogens is 330 g/mol. The molecule has 3 N–H and O–H groups in total. The first kappa shape index (κ1) is 19.1. The molecule has 2 aromatic carbocycles. The summed E-state index contributed by atoms with van der Waals surface area (Å²) in [7, 11) is 0. The van der Waals surface area contributed by atoms with Crippen molar-refractivity contribution < 1.29 is 14.6 Å². The number of carbonyl (C=O) groups is 1. The minimum absolute atomic E-state index is 0.517. The van der Waals surface area contributed by atoms with Crippen molar-refractivity contribution in [3.05, 3.63) is 53.6 Å². The van der Waals surface area contributed by atoms with Gasteiger partial charge < -0.3 is 20.5 Å². The standard InChI is InChI=1S/C20H23N3O3/c1-4-22-17-12-15(8-11-18(17)26-5-2)20(3,19(24)25)23-16-9-6-14(13-21)7-10-16/h6-12,22-23H,4-5H2,1-3H3,(H,24,25). The molecule has 0 aliphatic carbocycles. The molecule has 0 aromatic heterocycles. The molecule has 0 aliphatic rings. The molecule has 26 heavy (non-hydrogen) atoms. The summed E-state index contributed by atoms with van der Waals surface area (Å²) in [6, 6.07) is 14.0. The number of hydrogen-bond acceptors (Lipinski definition) is 5. The van der Waals surface area contributed by atoms with Crippen LogP contribution in [0.2, 0.25) is 0 Å². The van der Waals surface area contributed by atoms with Crippen LogP contribution in [0.15, 0.2) is 42.5 Å². The number of rotatable bonds is 8. The zero-order valence-electron chi connectivity index (χ0n) is 15.2. The molecule has 0 saturated heterocycles. The quantitative estimate of drug-likeness (QED) is 0.668. The molecule has 1 atom stereocenters. The van der Waals surface area contributed by atoms with E-state index in [0.29, 0.717) is 35.7 Å². The molecule has 2 rings (SSSR count). The Kier molecular flexibility index (Phi) is 6.07. The average Bonchev–Trinajstić information content (AvgIpc) is 2.64. The lowest BCUT2D eigenvalue weighted by Crippen LogP contribution is -2.40. The first-order valence-corrected chi connectivity index (χ1v) is 8.47. The molecule has 0 fully saturated rings. The van der Waals surface area contributed by atoms with Crippen LogP contribution in [0.4, 0.5) is 11.4 Å². The summed E-state index contributed by atoms with van der Waals surface area (Å²) in [4.78, 5) is 12.1. The molecular formula is C20H23N3O3. The van der Waals surface area contributed by atoms with Crippen molar-refractivity contribution in [3.8, 4) is 11.8 Å². The second-order valence-corrected chi connectivity index (χ2v) is 5.92. The third-order valence-corrected chi connectivity index (χ3v) is 4.06. The van der Waals surface area contributed by atoms with Gasteiger partial charge >= 0.3 is 5.97 Å². The molecule has 0 bridgehead atoms. The molecule has 0 spiro atoms. The Balaban J connectivity index is 2.42. The van der Waals surface area contributed by atoms with Crippen molar-refractivity contribution in [2.75, 3.05) is 23.8 Å². The summed E-state index contributed by atoms with van der Waals surface area (Å²) < 4.78 is 5.60. The van der Waals surface area contributed by atoms with Crippen LogP contribution >= 0.6 is 0 Å². The van der Waals surface area contributed by atoms with Gasteiger partial charge in [-0.1, -0.05) is 6.07 Å². The summed E-state index contributed by atoms with van der Waals surface area (Å²) in [5.41, 5.74) is 1.13. The SMILES string of the molecule is CCNc1cc(C(C)(Nc2ccc(C#N)cc2)C(=O)O)ccc1OCC. The van der Waals surface area contributed by atoms with Gasteiger partial charge in [0.1, 0.15) is 5.75 Å². The van der Waals surface area contributed by atoms with E-state index in [9.17, 15) is 9.90 Å². The Morgan fingerprint density at radius 1 is 1.23 bits per heavy atom. The lowest BCUT2D eigenvalue weighted by molar-refractivity contribution is -0.142. The summed E-state index contributed by atoms with van der Waals surface area (Å²) in [6.45, 7) is 6.69. The van der Waals surface area contributed by atoms with Gasteiger partial charge in [0.25, 0.3) is 0 Å². The average molecular weight is 353 g/mol. The summed E-state index contributed by atoms with van der Waals surface area (Å²) in [6.07, 6.45) is 0. The van der Waals surface area contributed by atoms with E-state index in [-0.39, 0.29) is 0 Å². The Morgan fingerprint density at radius 2 is 1.92 bits per heavy atom. The Morgan fingerprint density at radius 3 is 2.46 bits per heavy atom. The van der Waals surface area contributed by atoms with Gasteiger partial charge in [-0.05, 0) is 62.7 Å². The minimum Gasteiger partial charge on any atom is -0.492 e. The fourth-order valence-electron chi connectivity index (χ4n) is 2.62. The first-order chi connectivity index (χ1) is 12.4. The van der Waals surface area contributed by atoms with Crippen molar-refractivity contribution in [3.63, 3.8) is 0 Å². The van der Waals surface area contributed by atoms with Crippen molar-refractivity contribution in [2.45, 2.75) is 26.3 Å². The number of ether oxygens (including phenoxy) is 1. The second kappa shape index (κ2) is 8.26. The maximum absolute atomic E-state index is 12.1. The van der Waals surface area contributed by atoms with Crippen LogP contribution in [0, 0.1) is 11.3 Å². The van der Waals surface area contributed by atoms with Crippen LogP contribution in [-0.2, 0) is 10.3 Å². The highest BCUT2D eigenvalue weighted by Gasteiger charge is 2.35. The van der Waals surface area contributed by atoms with Gasteiger partial charge in [0.15, 0.2) is 5.54 Å². The highest BCUT2D eigenvalue weighted by molar-refractivity contribution is 5.85. The molecule has 6 heteroatoms. The number of carboxylic acid groups (broad SMARTS) is 1. The maximum Gasteiger partial charge on any atom is 0.333 e. The van der Waals surface area contributed by atoms with Crippen LogP contribution in [0.25, 0.3) is 0 Å². The van der Waals surface area contributed by atoms with Gasteiger partial charge in [0.05, 0.1) is 23.9 Å². The lowest BCUT2D eigenvalue weighted by Gasteiger charge is -2.29. The molecule has 0 amide bonds. The molecule has 0 heterocycles. The number of carboxylic acids is 1. The summed E-state index contributed by atoms with van der Waals surface area (Å²) in [5, 5.41) is 25.0. The van der Waals surface area contributed by atoms with Gasteiger partial charge in [-0.25, -0.2) is 4.79 Å². The predicted octanol–water partition coefficient (Wildman–Crippen LogP) is 3.80. The van der Waals surface area contributed by atoms with Crippen molar-refractivity contribution in [1.29, 1.82) is 5.26 Å². The fraction of sp³-hybridized carbons (Fsp3) is 0.300. The predicted molar refractivity (Wildman–Crippen MR) is 102 cm³/mol. The minimum atomic E-state index is -1.34. The van der Waals surface area contributed by atoms with Crippen molar-refractivity contribution >= 4 is 17.3 Å². The van der Waals surface area contributed by atoms with Gasteiger partial charge in [-0.3, -0.25) is 0 Å². The number of anilines is 2. The third-order valence-electron chi connectivity index (χ3n) is 4.06. The molecule has 136 valence electrons. The first-order valence-electron chi connectivity index (χ1n) is 8.47. The number of nitrogens with zero attached hydrogens (tertiary/aromatic N) is 1. The molecule has 1 unspecified atom stereocenters. The molecule has 6 nitrogen and oxygen atoms in total. The van der Waals surface area contributed by atoms with E-state index in [1.807, 2.05) is 19.9 Å². The van der Waals surface area contributed by atoms with Crippen LogP contribution in [-0.4, -0.2) is 24.2 Å². The van der Waals surface area contributed by atoms with E-state index in [1.54, 1.807) is 49.4 Å².